The molecule has 1 aromatic carbocycles. The maximum atomic E-state index is 5.69. The zero-order chi connectivity index (χ0) is 14.1. The third-order valence-electron chi connectivity index (χ3n) is 3.61. The molecule has 1 atom stereocenters. The summed E-state index contributed by atoms with van der Waals surface area (Å²) in [5, 5.41) is 14.0. The molecule has 2 N–H and O–H groups in total. The normalized spacial score (nSPS) is 20.1. The van der Waals surface area contributed by atoms with Gasteiger partial charge in [0.15, 0.2) is 0 Å². The lowest BCUT2D eigenvalue weighted by Gasteiger charge is -2.30. The van der Waals surface area contributed by atoms with Crippen LogP contribution >= 0.6 is 0 Å². The van der Waals surface area contributed by atoms with Gasteiger partial charge in [-0.25, -0.2) is 4.98 Å². The van der Waals surface area contributed by atoms with Crippen molar-refractivity contribution in [2.75, 3.05) is 19.7 Å². The summed E-state index contributed by atoms with van der Waals surface area (Å²) in [7, 11) is 0. The third-order valence-corrected chi connectivity index (χ3v) is 3.61. The Bertz CT molecular complexity index is 690. The lowest BCUT2D eigenvalue weighted by Crippen LogP contribution is -2.38. The number of fused-ring (bicyclic) bond motifs is 1. The molecule has 2 aromatic heterocycles. The molecule has 1 aliphatic heterocycles. The van der Waals surface area contributed by atoms with Crippen LogP contribution < -0.4 is 0 Å². The maximum Gasteiger partial charge on any atom is 0.204 e. The SMILES string of the molecule is c1ccc2[nH]c(CN3CCOC(c4nn[nH]n4)C3)nc2c1. The zero-order valence-electron chi connectivity index (χ0n) is 11.4. The number of para-hydroxylation sites is 2. The average Bonchev–Trinajstić information content (AvgIpc) is 3.16. The van der Waals surface area contributed by atoms with Gasteiger partial charge in [-0.3, -0.25) is 4.90 Å². The number of H-pyrrole nitrogens is 2. The van der Waals surface area contributed by atoms with Crippen LogP contribution in [0.15, 0.2) is 24.3 Å². The molecule has 0 aliphatic carbocycles. The molecule has 0 spiro atoms. The summed E-state index contributed by atoms with van der Waals surface area (Å²) in [5.74, 6) is 1.56. The summed E-state index contributed by atoms with van der Waals surface area (Å²) in [6, 6.07) is 8.04. The van der Waals surface area contributed by atoms with E-state index in [0.717, 1.165) is 36.5 Å². The van der Waals surface area contributed by atoms with Gasteiger partial charge in [-0.2, -0.15) is 5.21 Å². The van der Waals surface area contributed by atoms with Gasteiger partial charge in [-0.1, -0.05) is 17.3 Å². The summed E-state index contributed by atoms with van der Waals surface area (Å²) >= 11 is 0. The van der Waals surface area contributed by atoms with Crippen LogP contribution in [0, 0.1) is 0 Å². The Morgan fingerprint density at radius 1 is 1.33 bits per heavy atom. The second-order valence-electron chi connectivity index (χ2n) is 5.07. The monoisotopic (exact) mass is 285 g/mol. The number of aromatic amines is 2. The Morgan fingerprint density at radius 2 is 2.29 bits per heavy atom. The second-order valence-corrected chi connectivity index (χ2v) is 5.07. The number of tetrazole rings is 1. The molecule has 1 unspecified atom stereocenters. The Labute approximate surface area is 120 Å². The maximum absolute atomic E-state index is 5.69. The first-order valence-electron chi connectivity index (χ1n) is 6.89. The molecule has 0 amide bonds. The average molecular weight is 285 g/mol. The van der Waals surface area contributed by atoms with E-state index in [9.17, 15) is 0 Å². The lowest BCUT2D eigenvalue weighted by molar-refractivity contribution is -0.0378. The molecule has 3 aromatic rings. The number of ether oxygens (including phenoxy) is 1. The highest BCUT2D eigenvalue weighted by Gasteiger charge is 2.25. The molecule has 1 aliphatic rings. The second kappa shape index (κ2) is 5.23. The summed E-state index contributed by atoms with van der Waals surface area (Å²) < 4.78 is 5.69. The Morgan fingerprint density at radius 3 is 3.14 bits per heavy atom. The summed E-state index contributed by atoms with van der Waals surface area (Å²) in [4.78, 5) is 10.2. The van der Waals surface area contributed by atoms with E-state index in [1.165, 1.54) is 0 Å². The smallest absolute Gasteiger partial charge is 0.204 e. The first-order valence-corrected chi connectivity index (χ1v) is 6.89. The van der Waals surface area contributed by atoms with Gasteiger partial charge >= 0.3 is 0 Å². The molecule has 21 heavy (non-hydrogen) atoms. The number of aromatic nitrogens is 6. The molecule has 3 heterocycles. The number of rotatable bonds is 3. The molecule has 1 saturated heterocycles. The number of morpholine rings is 1. The minimum absolute atomic E-state index is 0.137. The van der Waals surface area contributed by atoms with Crippen molar-refractivity contribution in [2.45, 2.75) is 12.6 Å². The van der Waals surface area contributed by atoms with E-state index in [1.54, 1.807) is 0 Å². The van der Waals surface area contributed by atoms with Crippen molar-refractivity contribution in [3.05, 3.63) is 35.9 Å². The van der Waals surface area contributed by atoms with E-state index >= 15 is 0 Å². The quantitative estimate of drug-likeness (QED) is 0.733. The van der Waals surface area contributed by atoms with E-state index in [2.05, 4.69) is 35.5 Å². The minimum Gasteiger partial charge on any atom is -0.367 e. The highest BCUT2D eigenvalue weighted by atomic mass is 16.5. The number of imidazole rings is 1. The van der Waals surface area contributed by atoms with E-state index in [0.29, 0.717) is 12.4 Å². The first-order chi connectivity index (χ1) is 10.4. The van der Waals surface area contributed by atoms with Crippen LogP contribution in [0.2, 0.25) is 0 Å². The third kappa shape index (κ3) is 2.50. The van der Waals surface area contributed by atoms with Gasteiger partial charge in [0, 0.05) is 13.1 Å². The Hall–Kier alpha value is -2.32. The van der Waals surface area contributed by atoms with Crippen molar-refractivity contribution in [2.24, 2.45) is 0 Å². The van der Waals surface area contributed by atoms with Gasteiger partial charge in [0.05, 0.1) is 24.2 Å². The fraction of sp³-hybridized carbons (Fsp3) is 0.385. The molecule has 1 fully saturated rings. The number of hydrogen-bond donors (Lipinski definition) is 2. The Balaban J connectivity index is 1.48. The van der Waals surface area contributed by atoms with E-state index in [1.807, 2.05) is 24.3 Å². The Kier molecular flexibility index (Phi) is 3.09. The molecule has 4 rings (SSSR count). The molecule has 108 valence electrons. The molecule has 0 saturated carbocycles. The van der Waals surface area contributed by atoms with Crippen LogP contribution in [0.1, 0.15) is 17.8 Å². The summed E-state index contributed by atoms with van der Waals surface area (Å²) in [6.45, 7) is 3.01. The predicted molar refractivity (Wildman–Crippen MR) is 74.2 cm³/mol. The van der Waals surface area contributed by atoms with Crippen LogP contribution in [0.4, 0.5) is 0 Å². The van der Waals surface area contributed by atoms with Crippen molar-refractivity contribution >= 4 is 11.0 Å². The molecular formula is C13H15N7O. The highest BCUT2D eigenvalue weighted by Crippen LogP contribution is 2.20. The van der Waals surface area contributed by atoms with Crippen molar-refractivity contribution in [1.82, 2.24) is 35.5 Å². The van der Waals surface area contributed by atoms with Gasteiger partial charge in [-0.05, 0) is 12.1 Å². The van der Waals surface area contributed by atoms with Crippen LogP contribution in [0.25, 0.3) is 11.0 Å². The lowest BCUT2D eigenvalue weighted by atomic mass is 10.2. The molecular weight excluding hydrogens is 270 g/mol. The summed E-state index contributed by atoms with van der Waals surface area (Å²) in [6.07, 6.45) is -0.137. The summed E-state index contributed by atoms with van der Waals surface area (Å²) in [5.41, 5.74) is 2.06. The molecule has 0 bridgehead atoms. The van der Waals surface area contributed by atoms with Gasteiger partial charge in [0.2, 0.25) is 5.82 Å². The predicted octanol–water partition coefficient (Wildman–Crippen LogP) is 0.649. The molecule has 8 heteroatoms. The van der Waals surface area contributed by atoms with Crippen molar-refractivity contribution in [3.63, 3.8) is 0 Å². The van der Waals surface area contributed by atoms with Crippen LogP contribution in [-0.4, -0.2) is 55.2 Å². The van der Waals surface area contributed by atoms with Crippen molar-refractivity contribution in [3.8, 4) is 0 Å². The van der Waals surface area contributed by atoms with Crippen LogP contribution in [0.3, 0.4) is 0 Å². The number of nitrogens with one attached hydrogen (secondary N) is 2. The minimum atomic E-state index is -0.137. The van der Waals surface area contributed by atoms with Crippen LogP contribution in [-0.2, 0) is 11.3 Å². The fourth-order valence-corrected chi connectivity index (χ4v) is 2.60. The van der Waals surface area contributed by atoms with Crippen molar-refractivity contribution < 1.29 is 4.74 Å². The van der Waals surface area contributed by atoms with Gasteiger partial charge in [0.25, 0.3) is 0 Å². The van der Waals surface area contributed by atoms with Gasteiger partial charge in [0.1, 0.15) is 11.9 Å². The number of hydrogen-bond acceptors (Lipinski definition) is 6. The van der Waals surface area contributed by atoms with E-state index < -0.39 is 0 Å². The zero-order valence-corrected chi connectivity index (χ0v) is 11.4. The van der Waals surface area contributed by atoms with E-state index in [-0.39, 0.29) is 6.10 Å². The number of benzene rings is 1. The van der Waals surface area contributed by atoms with Crippen molar-refractivity contribution in [1.29, 1.82) is 0 Å². The molecule has 8 nitrogen and oxygen atoms in total. The van der Waals surface area contributed by atoms with Gasteiger partial charge < -0.3 is 9.72 Å². The highest BCUT2D eigenvalue weighted by molar-refractivity contribution is 5.74. The molecule has 0 radical (unpaired) electrons. The van der Waals surface area contributed by atoms with Gasteiger partial charge in [-0.15, -0.1) is 10.2 Å². The topological polar surface area (TPSA) is 95.6 Å². The number of nitrogens with zero attached hydrogens (tertiary/aromatic N) is 5. The standard InChI is InChI=1S/C13H15N7O/c1-2-4-10-9(3-1)14-12(15-10)8-20-5-6-21-11(7-20)13-16-18-19-17-13/h1-4,11H,5-8H2,(H,14,15)(H,16,17,18,19). The first kappa shape index (κ1) is 12.4. The van der Waals surface area contributed by atoms with E-state index in [4.69, 9.17) is 4.74 Å². The fourth-order valence-electron chi connectivity index (χ4n) is 2.60. The van der Waals surface area contributed by atoms with Crippen LogP contribution in [0.5, 0.6) is 0 Å². The largest absolute Gasteiger partial charge is 0.367 e.